The first-order valence-electron chi connectivity index (χ1n) is 9.03. The number of benzene rings is 1. The lowest BCUT2D eigenvalue weighted by atomic mass is 10.2. The zero-order valence-electron chi connectivity index (χ0n) is 15.8. The Morgan fingerprint density at radius 1 is 1.31 bits per heavy atom. The van der Waals surface area contributed by atoms with E-state index in [2.05, 4.69) is 21.4 Å². The third-order valence-electron chi connectivity index (χ3n) is 5.34. The summed E-state index contributed by atoms with van der Waals surface area (Å²) in [5.41, 5.74) is 3.81. The maximum absolute atomic E-state index is 12.7. The van der Waals surface area contributed by atoms with E-state index < -0.39 is 0 Å². The van der Waals surface area contributed by atoms with Gasteiger partial charge < -0.3 is 15.1 Å². The monoisotopic (exact) mass is 376 g/mol. The highest BCUT2D eigenvalue weighted by molar-refractivity contribution is 6.30. The van der Waals surface area contributed by atoms with Gasteiger partial charge in [0.1, 0.15) is 0 Å². The second kappa shape index (κ2) is 7.68. The minimum Gasteiger partial charge on any atom is -0.360 e. The summed E-state index contributed by atoms with van der Waals surface area (Å²) in [6.07, 6.45) is 0. The van der Waals surface area contributed by atoms with Crippen LogP contribution in [0.3, 0.4) is 0 Å². The number of hydrogen-bond donors (Lipinski definition) is 2. The topological polar surface area (TPSA) is 54.6 Å². The molecule has 1 atom stereocenters. The van der Waals surface area contributed by atoms with Gasteiger partial charge in [-0.05, 0) is 39.0 Å². The van der Waals surface area contributed by atoms with Crippen molar-refractivity contribution >= 4 is 28.9 Å². The normalized spacial score (nSPS) is 16.6. The summed E-state index contributed by atoms with van der Waals surface area (Å²) in [5.74, 6) is 0.0513. The minimum atomic E-state index is -0.101. The predicted octanol–water partition coefficient (Wildman–Crippen LogP) is 1.42. The first-order valence-corrected chi connectivity index (χ1v) is 9.40. The molecule has 1 amide bonds. The molecule has 2 heterocycles. The summed E-state index contributed by atoms with van der Waals surface area (Å²) in [4.78, 5) is 16.4. The first kappa shape index (κ1) is 18.7. The Labute approximate surface area is 159 Å². The average molecular weight is 377 g/mol. The van der Waals surface area contributed by atoms with Gasteiger partial charge in [0.25, 0.3) is 5.91 Å². The number of anilines is 2. The fourth-order valence-corrected chi connectivity index (χ4v) is 3.71. The van der Waals surface area contributed by atoms with Crippen LogP contribution in [-0.4, -0.2) is 47.9 Å². The molecule has 1 aromatic carbocycles. The SMILES string of the molecule is Cc1nn(C)c(C)c1NC(=O)[C@@H](C)[NH+]1CCN(c2cccc(Cl)c2)CC1. The van der Waals surface area contributed by atoms with Crippen LogP contribution in [0, 0.1) is 13.8 Å². The molecule has 1 aromatic heterocycles. The third kappa shape index (κ3) is 3.86. The standard InChI is InChI=1S/C19H26ClN5O/c1-13-18(14(2)23(4)22-13)21-19(26)15(3)24-8-10-25(11-9-24)17-7-5-6-16(20)12-17/h5-7,12,15H,8-11H2,1-4H3,(H,21,26)/p+1/t15-/m1/s1. The van der Waals surface area contributed by atoms with Gasteiger partial charge in [-0.2, -0.15) is 5.10 Å². The average Bonchev–Trinajstić information content (AvgIpc) is 2.87. The summed E-state index contributed by atoms with van der Waals surface area (Å²) < 4.78 is 1.80. The van der Waals surface area contributed by atoms with Gasteiger partial charge in [-0.1, -0.05) is 17.7 Å². The Bertz CT molecular complexity index is 795. The quantitative estimate of drug-likeness (QED) is 0.848. The molecule has 0 saturated carbocycles. The third-order valence-corrected chi connectivity index (χ3v) is 5.58. The number of carbonyl (C=O) groups is 1. The Kier molecular flexibility index (Phi) is 5.53. The van der Waals surface area contributed by atoms with Gasteiger partial charge in [0.05, 0.1) is 43.3 Å². The van der Waals surface area contributed by atoms with Crippen LogP contribution in [0.5, 0.6) is 0 Å². The molecule has 2 aromatic rings. The molecule has 0 aliphatic carbocycles. The van der Waals surface area contributed by atoms with Crippen LogP contribution >= 0.6 is 11.6 Å². The van der Waals surface area contributed by atoms with Crippen molar-refractivity contribution in [1.82, 2.24) is 9.78 Å². The van der Waals surface area contributed by atoms with Crippen molar-refractivity contribution in [3.05, 3.63) is 40.7 Å². The fraction of sp³-hybridized carbons (Fsp3) is 0.474. The number of piperazine rings is 1. The van der Waals surface area contributed by atoms with Gasteiger partial charge in [0.15, 0.2) is 6.04 Å². The predicted molar refractivity (Wildman–Crippen MR) is 105 cm³/mol. The molecule has 1 aliphatic rings. The first-order chi connectivity index (χ1) is 12.4. The van der Waals surface area contributed by atoms with Crippen LogP contribution in [-0.2, 0) is 11.8 Å². The molecule has 1 fully saturated rings. The molecule has 0 spiro atoms. The lowest BCUT2D eigenvalue weighted by Gasteiger charge is -2.36. The van der Waals surface area contributed by atoms with E-state index in [-0.39, 0.29) is 11.9 Å². The van der Waals surface area contributed by atoms with E-state index in [1.165, 1.54) is 4.90 Å². The Morgan fingerprint density at radius 3 is 2.58 bits per heavy atom. The molecule has 3 rings (SSSR count). The van der Waals surface area contributed by atoms with Gasteiger partial charge in [0, 0.05) is 17.8 Å². The molecular weight excluding hydrogens is 350 g/mol. The summed E-state index contributed by atoms with van der Waals surface area (Å²) in [6, 6.07) is 7.85. The van der Waals surface area contributed by atoms with Gasteiger partial charge in [-0.25, -0.2) is 0 Å². The van der Waals surface area contributed by atoms with Crippen molar-refractivity contribution in [2.75, 3.05) is 36.4 Å². The number of nitrogens with one attached hydrogen (secondary N) is 2. The van der Waals surface area contributed by atoms with Crippen LogP contribution in [0.2, 0.25) is 5.02 Å². The Hall–Kier alpha value is -2.05. The lowest BCUT2D eigenvalue weighted by Crippen LogP contribution is -3.19. The zero-order valence-corrected chi connectivity index (χ0v) is 16.6. The molecule has 140 valence electrons. The maximum Gasteiger partial charge on any atom is 0.282 e. The Morgan fingerprint density at radius 2 is 2.00 bits per heavy atom. The van der Waals surface area contributed by atoms with E-state index in [4.69, 9.17) is 11.6 Å². The van der Waals surface area contributed by atoms with E-state index in [0.29, 0.717) is 0 Å². The molecule has 1 saturated heterocycles. The van der Waals surface area contributed by atoms with Gasteiger partial charge in [-0.3, -0.25) is 9.48 Å². The molecule has 7 heteroatoms. The van der Waals surface area contributed by atoms with Gasteiger partial charge >= 0.3 is 0 Å². The van der Waals surface area contributed by atoms with Gasteiger partial charge in [-0.15, -0.1) is 0 Å². The van der Waals surface area contributed by atoms with Crippen LogP contribution < -0.4 is 15.1 Å². The smallest absolute Gasteiger partial charge is 0.282 e. The van der Waals surface area contributed by atoms with Crippen molar-refractivity contribution in [3.8, 4) is 0 Å². The number of quaternary nitrogens is 1. The number of amides is 1. The van der Waals surface area contributed by atoms with Crippen molar-refractivity contribution < 1.29 is 9.69 Å². The summed E-state index contributed by atoms with van der Waals surface area (Å²) in [7, 11) is 1.89. The zero-order chi connectivity index (χ0) is 18.8. The fourth-order valence-electron chi connectivity index (χ4n) is 3.53. The van der Waals surface area contributed by atoms with E-state index in [1.807, 2.05) is 46.0 Å². The highest BCUT2D eigenvalue weighted by Gasteiger charge is 2.30. The van der Waals surface area contributed by atoms with Crippen LogP contribution in [0.1, 0.15) is 18.3 Å². The molecular formula is C19H27ClN5O+. The number of halogens is 1. The van der Waals surface area contributed by atoms with Crippen molar-refractivity contribution in [3.63, 3.8) is 0 Å². The molecule has 6 nitrogen and oxygen atoms in total. The van der Waals surface area contributed by atoms with Crippen LogP contribution in [0.15, 0.2) is 24.3 Å². The molecule has 26 heavy (non-hydrogen) atoms. The molecule has 0 unspecified atom stereocenters. The number of hydrogen-bond acceptors (Lipinski definition) is 3. The second-order valence-corrected chi connectivity index (χ2v) is 7.44. The van der Waals surface area contributed by atoms with Gasteiger partial charge in [0.2, 0.25) is 0 Å². The molecule has 0 radical (unpaired) electrons. The van der Waals surface area contributed by atoms with E-state index in [0.717, 1.165) is 54.0 Å². The largest absolute Gasteiger partial charge is 0.360 e. The highest BCUT2D eigenvalue weighted by atomic mass is 35.5. The van der Waals surface area contributed by atoms with Crippen molar-refractivity contribution in [2.24, 2.45) is 7.05 Å². The van der Waals surface area contributed by atoms with E-state index in [1.54, 1.807) is 4.68 Å². The lowest BCUT2D eigenvalue weighted by molar-refractivity contribution is -0.914. The molecule has 0 bridgehead atoms. The number of carbonyl (C=O) groups excluding carboxylic acids is 1. The Balaban J connectivity index is 1.59. The van der Waals surface area contributed by atoms with Crippen molar-refractivity contribution in [2.45, 2.75) is 26.8 Å². The highest BCUT2D eigenvalue weighted by Crippen LogP contribution is 2.20. The van der Waals surface area contributed by atoms with E-state index >= 15 is 0 Å². The summed E-state index contributed by atoms with van der Waals surface area (Å²) >= 11 is 6.10. The van der Waals surface area contributed by atoms with Crippen LogP contribution in [0.4, 0.5) is 11.4 Å². The number of aromatic nitrogens is 2. The number of nitrogens with zero attached hydrogens (tertiary/aromatic N) is 3. The summed E-state index contributed by atoms with van der Waals surface area (Å²) in [5, 5.41) is 8.19. The number of aryl methyl sites for hydroxylation is 2. The van der Waals surface area contributed by atoms with Crippen LogP contribution in [0.25, 0.3) is 0 Å². The molecule has 2 N–H and O–H groups in total. The van der Waals surface area contributed by atoms with Crippen molar-refractivity contribution in [1.29, 1.82) is 0 Å². The maximum atomic E-state index is 12.7. The molecule has 1 aliphatic heterocycles. The minimum absolute atomic E-state index is 0.0513. The van der Waals surface area contributed by atoms with E-state index in [9.17, 15) is 4.79 Å². The summed E-state index contributed by atoms with van der Waals surface area (Å²) in [6.45, 7) is 9.57. The number of rotatable bonds is 4. The second-order valence-electron chi connectivity index (χ2n) is 7.01.